The lowest BCUT2D eigenvalue weighted by molar-refractivity contribution is -0.151. The molecule has 2 saturated heterocycles. The normalized spacial score (nSPS) is 18.1. The molecule has 2 fully saturated rings. The Labute approximate surface area is 163 Å². The van der Waals surface area contributed by atoms with Gasteiger partial charge >= 0.3 is 12.0 Å². The van der Waals surface area contributed by atoms with Gasteiger partial charge in [0.15, 0.2) is 0 Å². The minimum atomic E-state index is -0.182. The molecule has 8 heteroatoms. The van der Waals surface area contributed by atoms with Crippen LogP contribution in [0.3, 0.4) is 0 Å². The third kappa shape index (κ3) is 4.53. The number of urea groups is 1. The molecule has 0 unspecified atom stereocenters. The Kier molecular flexibility index (Phi) is 6.21. The maximum atomic E-state index is 12.6. The Balaban J connectivity index is 1.51. The zero-order valence-corrected chi connectivity index (χ0v) is 16.2. The van der Waals surface area contributed by atoms with Crippen molar-refractivity contribution < 1.29 is 19.1 Å². The molecule has 3 rings (SSSR count). The second-order valence-corrected chi connectivity index (χ2v) is 7.18. The van der Waals surface area contributed by atoms with Gasteiger partial charge in [0, 0.05) is 36.9 Å². The molecule has 146 valence electrons. The summed E-state index contributed by atoms with van der Waals surface area (Å²) in [6, 6.07) is 6.90. The van der Waals surface area contributed by atoms with E-state index in [0.29, 0.717) is 50.7 Å². The fourth-order valence-electron chi connectivity index (χ4n) is 3.48. The minimum Gasteiger partial charge on any atom is -0.466 e. The zero-order valence-electron chi connectivity index (χ0n) is 15.4. The largest absolute Gasteiger partial charge is 0.466 e. The van der Waals surface area contributed by atoms with Gasteiger partial charge in [-0.25, -0.2) is 4.79 Å². The van der Waals surface area contributed by atoms with Crippen LogP contribution in [0.1, 0.15) is 19.8 Å². The Hall–Kier alpha value is -2.28. The summed E-state index contributed by atoms with van der Waals surface area (Å²) in [6.45, 7) is 4.31. The Morgan fingerprint density at radius 3 is 2.41 bits per heavy atom. The number of rotatable bonds is 5. The molecular formula is C19H24ClN3O4. The van der Waals surface area contributed by atoms with Gasteiger partial charge < -0.3 is 14.5 Å². The molecule has 7 nitrogen and oxygen atoms in total. The first-order valence-electron chi connectivity index (χ1n) is 9.26. The lowest BCUT2D eigenvalue weighted by atomic mass is 9.97. The first kappa shape index (κ1) is 19.5. The van der Waals surface area contributed by atoms with E-state index in [1.807, 2.05) is 0 Å². The number of carbonyl (C=O) groups is 3. The highest BCUT2D eigenvalue weighted by atomic mass is 35.5. The molecule has 1 aromatic carbocycles. The van der Waals surface area contributed by atoms with E-state index in [-0.39, 0.29) is 30.4 Å². The summed E-state index contributed by atoms with van der Waals surface area (Å²) >= 11 is 5.89. The van der Waals surface area contributed by atoms with Crippen LogP contribution in [0.15, 0.2) is 24.3 Å². The molecule has 0 N–H and O–H groups in total. The van der Waals surface area contributed by atoms with Crippen molar-refractivity contribution in [1.29, 1.82) is 0 Å². The van der Waals surface area contributed by atoms with Gasteiger partial charge in [-0.1, -0.05) is 11.6 Å². The summed E-state index contributed by atoms with van der Waals surface area (Å²) < 4.78 is 5.05. The van der Waals surface area contributed by atoms with Gasteiger partial charge in [-0.2, -0.15) is 0 Å². The summed E-state index contributed by atoms with van der Waals surface area (Å²) in [4.78, 5) is 41.9. The standard InChI is InChI=1S/C19H24ClN3O4/c1-2-27-18(25)14-7-9-21(10-8-14)17(24)13-22-11-12-23(19(22)26)16-5-3-15(20)4-6-16/h3-6,14H,2,7-13H2,1H3. The van der Waals surface area contributed by atoms with Crippen LogP contribution < -0.4 is 4.90 Å². The number of hydrogen-bond donors (Lipinski definition) is 0. The summed E-state index contributed by atoms with van der Waals surface area (Å²) in [5.41, 5.74) is 0.773. The molecule has 27 heavy (non-hydrogen) atoms. The van der Waals surface area contributed by atoms with Crippen LogP contribution in [0.5, 0.6) is 0 Å². The SMILES string of the molecule is CCOC(=O)C1CCN(C(=O)CN2CCN(c3ccc(Cl)cc3)C2=O)CC1. The molecule has 0 spiro atoms. The lowest BCUT2D eigenvalue weighted by Gasteiger charge is -2.32. The molecule has 3 amide bonds. The molecule has 0 atom stereocenters. The zero-order chi connectivity index (χ0) is 19.4. The van der Waals surface area contributed by atoms with E-state index in [2.05, 4.69) is 0 Å². The van der Waals surface area contributed by atoms with E-state index in [9.17, 15) is 14.4 Å². The molecule has 2 aliphatic heterocycles. The van der Waals surface area contributed by atoms with Gasteiger partial charge in [-0.05, 0) is 44.0 Å². The molecule has 0 radical (unpaired) electrons. The second kappa shape index (κ2) is 8.61. The van der Waals surface area contributed by atoms with E-state index >= 15 is 0 Å². The molecular weight excluding hydrogens is 370 g/mol. The van der Waals surface area contributed by atoms with E-state index in [0.717, 1.165) is 5.69 Å². The average Bonchev–Trinajstić information content (AvgIpc) is 3.03. The van der Waals surface area contributed by atoms with Gasteiger partial charge in [-0.3, -0.25) is 14.5 Å². The van der Waals surface area contributed by atoms with Crippen molar-refractivity contribution in [2.24, 2.45) is 5.92 Å². The minimum absolute atomic E-state index is 0.0625. The molecule has 0 saturated carbocycles. The number of anilines is 1. The average molecular weight is 394 g/mol. The number of likely N-dealkylation sites (tertiary alicyclic amines) is 1. The van der Waals surface area contributed by atoms with E-state index in [4.69, 9.17) is 16.3 Å². The number of amides is 3. The smallest absolute Gasteiger partial charge is 0.325 e. The molecule has 1 aromatic rings. The second-order valence-electron chi connectivity index (χ2n) is 6.74. The number of esters is 1. The predicted molar refractivity (Wildman–Crippen MR) is 102 cm³/mol. The summed E-state index contributed by atoms with van der Waals surface area (Å²) in [6.07, 6.45) is 1.21. The third-order valence-corrected chi connectivity index (χ3v) is 5.28. The fourth-order valence-corrected chi connectivity index (χ4v) is 3.60. The summed E-state index contributed by atoms with van der Waals surface area (Å²) in [5.74, 6) is -0.399. The highest BCUT2D eigenvalue weighted by molar-refractivity contribution is 6.30. The highest BCUT2D eigenvalue weighted by Gasteiger charge is 2.33. The van der Waals surface area contributed by atoms with Crippen molar-refractivity contribution in [2.75, 3.05) is 44.2 Å². The van der Waals surface area contributed by atoms with Crippen LogP contribution in [0.4, 0.5) is 10.5 Å². The number of halogens is 1. The molecule has 0 aromatic heterocycles. The van der Waals surface area contributed by atoms with E-state index < -0.39 is 0 Å². The predicted octanol–water partition coefficient (Wildman–Crippen LogP) is 2.38. The van der Waals surface area contributed by atoms with Gasteiger partial charge in [0.25, 0.3) is 0 Å². The Bertz CT molecular complexity index is 701. The molecule has 0 aliphatic carbocycles. The number of hydrogen-bond acceptors (Lipinski definition) is 4. The first-order valence-corrected chi connectivity index (χ1v) is 9.63. The number of ether oxygens (including phenoxy) is 1. The van der Waals surface area contributed by atoms with Crippen LogP contribution in [0.2, 0.25) is 5.02 Å². The van der Waals surface area contributed by atoms with Gasteiger partial charge in [0.1, 0.15) is 6.54 Å². The van der Waals surface area contributed by atoms with E-state index in [1.54, 1.807) is 45.9 Å². The van der Waals surface area contributed by atoms with Crippen LogP contribution in [0.25, 0.3) is 0 Å². The Morgan fingerprint density at radius 1 is 1.11 bits per heavy atom. The number of benzene rings is 1. The highest BCUT2D eigenvalue weighted by Crippen LogP contribution is 2.23. The number of piperidine rings is 1. The van der Waals surface area contributed by atoms with Crippen molar-refractivity contribution in [3.8, 4) is 0 Å². The van der Waals surface area contributed by atoms with Crippen LogP contribution >= 0.6 is 11.6 Å². The van der Waals surface area contributed by atoms with Crippen LogP contribution in [0, 0.1) is 5.92 Å². The van der Waals surface area contributed by atoms with Gasteiger partial charge in [0.05, 0.1) is 12.5 Å². The van der Waals surface area contributed by atoms with Crippen molar-refractivity contribution in [1.82, 2.24) is 9.80 Å². The molecule has 0 bridgehead atoms. The summed E-state index contributed by atoms with van der Waals surface area (Å²) in [7, 11) is 0. The number of nitrogens with zero attached hydrogens (tertiary/aromatic N) is 3. The lowest BCUT2D eigenvalue weighted by Crippen LogP contribution is -2.46. The van der Waals surface area contributed by atoms with Crippen molar-refractivity contribution in [2.45, 2.75) is 19.8 Å². The molecule has 2 heterocycles. The van der Waals surface area contributed by atoms with Crippen molar-refractivity contribution >= 4 is 35.2 Å². The fraction of sp³-hybridized carbons (Fsp3) is 0.526. The van der Waals surface area contributed by atoms with Crippen LogP contribution in [-0.2, 0) is 14.3 Å². The van der Waals surface area contributed by atoms with Crippen molar-refractivity contribution in [3.63, 3.8) is 0 Å². The topological polar surface area (TPSA) is 70.2 Å². The maximum Gasteiger partial charge on any atom is 0.325 e. The monoisotopic (exact) mass is 393 g/mol. The molecule has 2 aliphatic rings. The maximum absolute atomic E-state index is 12.6. The van der Waals surface area contributed by atoms with Crippen molar-refractivity contribution in [3.05, 3.63) is 29.3 Å². The quantitative estimate of drug-likeness (QED) is 0.720. The van der Waals surface area contributed by atoms with Gasteiger partial charge in [-0.15, -0.1) is 0 Å². The Morgan fingerprint density at radius 2 is 1.78 bits per heavy atom. The number of carbonyl (C=O) groups excluding carboxylic acids is 3. The first-order chi connectivity index (χ1) is 13.0. The summed E-state index contributed by atoms with van der Waals surface area (Å²) in [5, 5.41) is 0.614. The van der Waals surface area contributed by atoms with Gasteiger partial charge in [0.2, 0.25) is 5.91 Å². The van der Waals surface area contributed by atoms with Crippen LogP contribution in [-0.4, -0.2) is 67.0 Å². The third-order valence-electron chi connectivity index (χ3n) is 5.03. The van der Waals surface area contributed by atoms with E-state index in [1.165, 1.54) is 0 Å².